The highest BCUT2D eigenvalue weighted by Gasteiger charge is 2.24. The molecule has 0 spiro atoms. The molecule has 0 saturated heterocycles. The number of fused-ring (bicyclic) bond motifs is 9. The Bertz CT molecular complexity index is 5440. The number of halogens is 3. The first-order valence-corrected chi connectivity index (χ1v) is 43.4. The summed E-state index contributed by atoms with van der Waals surface area (Å²) in [5, 5.41) is 42.4. The van der Waals surface area contributed by atoms with Gasteiger partial charge in [0.1, 0.15) is 45.5 Å². The van der Waals surface area contributed by atoms with E-state index in [1.165, 1.54) is 6.07 Å². The Morgan fingerprint density at radius 1 is 0.443 bits per heavy atom. The Kier molecular flexibility index (Phi) is 32.3. The number of aryl methyl sites for hydroxylation is 5. The van der Waals surface area contributed by atoms with E-state index >= 15 is 0 Å². The minimum Gasteiger partial charge on any atom is -0.508 e. The molecular formula is C83H101Br3N15O13P. The number of carbonyl (C=O) groups excluding carboxylic acids is 3. The number of aromatic hydroxyl groups is 3. The summed E-state index contributed by atoms with van der Waals surface area (Å²) in [6.07, 6.45) is 10.6. The number of nitrogen functional groups attached to an aromatic ring is 3. The number of phosphoric acid groups is 1. The smallest absolute Gasteiger partial charge is 0.508 e. The molecule has 12 rings (SSSR count). The Labute approximate surface area is 692 Å². The van der Waals surface area contributed by atoms with Gasteiger partial charge in [0.25, 0.3) is 0 Å². The van der Waals surface area contributed by atoms with Crippen LogP contribution in [0.3, 0.4) is 0 Å². The minimum atomic E-state index is -4.65. The van der Waals surface area contributed by atoms with Gasteiger partial charge in [0.15, 0.2) is 29.0 Å². The number of imidazole rings is 3. The molecule has 6 heterocycles. The first-order chi connectivity index (χ1) is 55.4. The summed E-state index contributed by atoms with van der Waals surface area (Å²) in [5.74, 6) is 3.87. The number of ether oxygens (including phenoxy) is 3. The van der Waals surface area contributed by atoms with Crippen LogP contribution in [0.15, 0.2) is 109 Å². The van der Waals surface area contributed by atoms with Crippen molar-refractivity contribution in [3.63, 3.8) is 0 Å². The molecule has 612 valence electrons. The van der Waals surface area contributed by atoms with Crippen LogP contribution >= 0.6 is 55.6 Å². The van der Waals surface area contributed by atoms with Gasteiger partial charge in [-0.2, -0.15) is 0 Å². The van der Waals surface area contributed by atoms with Crippen molar-refractivity contribution >= 4 is 157 Å². The molecular weight excluding hydrogens is 1690 g/mol. The van der Waals surface area contributed by atoms with Crippen LogP contribution < -0.4 is 37.7 Å². The average molecular weight is 1790 g/mol. The van der Waals surface area contributed by atoms with Gasteiger partial charge in [-0.15, -0.1) is 0 Å². The Morgan fingerprint density at radius 3 is 1.17 bits per heavy atom. The molecule has 0 bridgehead atoms. The van der Waals surface area contributed by atoms with Crippen LogP contribution in [0, 0.1) is 13.8 Å². The SMILES string of the molecule is CCCCc1nc2c(N)nc3cc(CCOCCNC(=O)CBr)ccc3c2n1Cc1ccc(O)c(C)c1.CCCCc1nc2c(N)nc3cc(CCOCCNC(=O)CBr)ccc3c2n1Cc1ccc(OP(=O)(O)O)c(C)c1.CCCCc1nc2c(N)nc3cc(CCOCCNC(=O)CBr)ccc3c2n1Cc1cccc(O)c1O. The fourth-order valence-corrected chi connectivity index (χ4v) is 14.5. The van der Waals surface area contributed by atoms with Gasteiger partial charge >= 0.3 is 7.82 Å². The second-order valence-corrected chi connectivity index (χ2v) is 30.8. The van der Waals surface area contributed by atoms with Crippen LogP contribution in [0.1, 0.15) is 121 Å². The lowest BCUT2D eigenvalue weighted by atomic mass is 10.1. The number of anilines is 3. The number of phosphoric ester groups is 1. The van der Waals surface area contributed by atoms with Gasteiger partial charge in [-0.05, 0) is 128 Å². The van der Waals surface area contributed by atoms with Crippen LogP contribution in [0.2, 0.25) is 0 Å². The molecule has 12 aromatic rings. The second kappa shape index (κ2) is 42.4. The first kappa shape index (κ1) is 87.8. The molecule has 0 aliphatic rings. The Hall–Kier alpha value is -9.56. The number of nitrogens with one attached hydrogen (secondary N) is 3. The molecule has 0 aliphatic carbocycles. The topological polar surface area (TPSA) is 413 Å². The normalized spacial score (nSPS) is 11.6. The number of unbranched alkanes of at least 4 members (excludes halogenated alkanes) is 3. The quantitative estimate of drug-likeness (QED) is 0.00741. The fraction of sp³-hybridized carbons (Fsp3) is 0.386. The molecule has 115 heavy (non-hydrogen) atoms. The predicted octanol–water partition coefficient (Wildman–Crippen LogP) is 13.1. The van der Waals surface area contributed by atoms with E-state index in [1.807, 2.05) is 55.5 Å². The maximum Gasteiger partial charge on any atom is 0.524 e. The van der Waals surface area contributed by atoms with Crippen molar-refractivity contribution in [2.24, 2.45) is 0 Å². The van der Waals surface area contributed by atoms with E-state index in [1.54, 1.807) is 37.3 Å². The highest BCUT2D eigenvalue weighted by Crippen LogP contribution is 2.41. The number of para-hydroxylation sites is 1. The van der Waals surface area contributed by atoms with Crippen LogP contribution in [0.4, 0.5) is 17.5 Å². The number of carbonyl (C=O) groups is 3. The van der Waals surface area contributed by atoms with E-state index in [9.17, 15) is 44.1 Å². The van der Waals surface area contributed by atoms with Crippen LogP contribution in [0.5, 0.6) is 23.0 Å². The molecule has 0 saturated carbocycles. The minimum absolute atomic E-state index is 0.0502. The lowest BCUT2D eigenvalue weighted by Crippen LogP contribution is -2.28. The molecule has 14 N–H and O–H groups in total. The van der Waals surface area contributed by atoms with E-state index in [0.717, 1.165) is 170 Å². The third kappa shape index (κ3) is 23.6. The predicted molar refractivity (Wildman–Crippen MR) is 462 cm³/mol. The fourth-order valence-electron chi connectivity index (χ4n) is 13.5. The molecule has 3 amide bonds. The molecule has 0 fully saturated rings. The summed E-state index contributed by atoms with van der Waals surface area (Å²) in [5.41, 5.74) is 33.7. The molecule has 32 heteroatoms. The number of hydrogen-bond donors (Lipinski definition) is 11. The molecule has 6 aromatic carbocycles. The largest absolute Gasteiger partial charge is 0.524 e. The third-order valence-corrected chi connectivity index (χ3v) is 21.3. The molecule has 6 aromatic heterocycles. The summed E-state index contributed by atoms with van der Waals surface area (Å²) < 4.78 is 39.6. The summed E-state index contributed by atoms with van der Waals surface area (Å²) in [6, 6.07) is 34.4. The molecule has 28 nitrogen and oxygen atoms in total. The number of nitrogens with zero attached hydrogens (tertiary/aromatic N) is 9. The number of phenolic OH excluding ortho intramolecular Hbond substituents is 3. The van der Waals surface area contributed by atoms with E-state index in [2.05, 4.69) is 132 Å². The molecule has 0 unspecified atom stereocenters. The van der Waals surface area contributed by atoms with Gasteiger partial charge in [0.05, 0.1) is 95.3 Å². The summed E-state index contributed by atoms with van der Waals surface area (Å²) in [6.45, 7) is 15.9. The maximum atomic E-state index is 11.3. The molecule has 0 radical (unpaired) electrons. The maximum absolute atomic E-state index is 11.3. The lowest BCUT2D eigenvalue weighted by molar-refractivity contribution is -0.119. The van der Waals surface area contributed by atoms with Gasteiger partial charge in [-0.1, -0.05) is 161 Å². The number of benzene rings is 6. The lowest BCUT2D eigenvalue weighted by Gasteiger charge is -2.14. The standard InChI is InChI=1S/C28H35BrN5O6P.C28H34BrN5O3.C27H32BrN5O4/c1-3-4-5-24-33-26-27(34(24)17-20-7-9-23(18(2)14-20)40-41(36,37)38)21-8-6-19(15-22(21)32-28(26)30)10-12-39-13-11-31-25(35)16-29;1-3-4-5-24-33-26-27(34(24)17-20-7-9-23(35)18(2)14-20)21-8-6-19(15-22(21)32-28(26)30)10-12-37-13-11-31-25(36)16-29;1-2-3-7-22-32-24-25(33(22)16-18-5-4-6-21(34)26(18)36)19-9-8-17(14-20(19)31-27(24)29)10-12-37-13-11-30-23(35)15-28/h6-9,14-15H,3-5,10-13,16-17H2,1-2H3,(H2,30,32)(H,31,35)(H2,36,37,38);6-9,14-15,35H,3-5,10-13,16-17H2,1-2H3,(H2,30,32)(H,31,36);4-6,8-9,14,34,36H,2-3,7,10-13,15-16H2,1H3,(H2,29,31)(H,30,35). The van der Waals surface area contributed by atoms with E-state index < -0.39 is 7.82 Å². The van der Waals surface area contributed by atoms with E-state index in [-0.39, 0.29) is 45.6 Å². The van der Waals surface area contributed by atoms with E-state index in [0.29, 0.717) is 142 Å². The van der Waals surface area contributed by atoms with Crippen LogP contribution in [-0.4, -0.2) is 162 Å². The zero-order valence-corrected chi connectivity index (χ0v) is 71.0. The zero-order valence-electron chi connectivity index (χ0n) is 65.3. The summed E-state index contributed by atoms with van der Waals surface area (Å²) in [7, 11) is -4.65. The van der Waals surface area contributed by atoms with Crippen LogP contribution in [0.25, 0.3) is 65.8 Å². The van der Waals surface area contributed by atoms with Gasteiger partial charge in [0.2, 0.25) is 17.7 Å². The van der Waals surface area contributed by atoms with Crippen LogP contribution in [-0.2, 0) is 91.3 Å². The number of hydrogen-bond acceptors (Lipinski definition) is 20. The second-order valence-electron chi connectivity index (χ2n) is 27.9. The van der Waals surface area contributed by atoms with Gasteiger partial charge in [-0.3, -0.25) is 24.2 Å². The first-order valence-electron chi connectivity index (χ1n) is 38.5. The average Bonchev–Trinajstić information content (AvgIpc) is 1.63. The van der Waals surface area contributed by atoms with Gasteiger partial charge < -0.3 is 80.9 Å². The third-order valence-electron chi connectivity index (χ3n) is 19.3. The van der Waals surface area contributed by atoms with Crippen molar-refractivity contribution in [3.8, 4) is 23.0 Å². The van der Waals surface area contributed by atoms with Crippen molar-refractivity contribution in [1.82, 2.24) is 59.6 Å². The Balaban J connectivity index is 0.000000183. The molecule has 0 aliphatic heterocycles. The van der Waals surface area contributed by atoms with Crippen molar-refractivity contribution in [2.75, 3.05) is 92.5 Å². The van der Waals surface area contributed by atoms with E-state index in [4.69, 9.17) is 55.9 Å². The summed E-state index contributed by atoms with van der Waals surface area (Å²) >= 11 is 9.35. The number of aromatic nitrogens is 9. The number of pyridine rings is 3. The highest BCUT2D eigenvalue weighted by molar-refractivity contribution is 9.09. The monoisotopic (exact) mass is 1780 g/mol. The van der Waals surface area contributed by atoms with Gasteiger partial charge in [0, 0.05) is 73.7 Å². The van der Waals surface area contributed by atoms with Crippen molar-refractivity contribution < 1.29 is 62.8 Å². The number of rotatable bonds is 38. The van der Waals surface area contributed by atoms with Crippen molar-refractivity contribution in [2.45, 2.75) is 131 Å². The number of alkyl halides is 3. The summed E-state index contributed by atoms with van der Waals surface area (Å²) in [4.78, 5) is 80.9. The Morgan fingerprint density at radius 2 is 0.809 bits per heavy atom. The zero-order chi connectivity index (χ0) is 82.3. The van der Waals surface area contributed by atoms with Gasteiger partial charge in [-0.25, -0.2) is 34.5 Å². The number of nitrogens with two attached hydrogens (primary N) is 3. The van der Waals surface area contributed by atoms with Crippen molar-refractivity contribution in [3.05, 3.63) is 171 Å². The van der Waals surface area contributed by atoms with Crippen molar-refractivity contribution in [1.29, 1.82) is 0 Å². The highest BCUT2D eigenvalue weighted by atomic mass is 79.9. The number of amides is 3. The number of phenols is 3. The molecule has 0 atom stereocenters.